The van der Waals surface area contributed by atoms with E-state index in [1.807, 2.05) is 6.20 Å². The predicted molar refractivity (Wildman–Crippen MR) is 96.0 cm³/mol. The van der Waals surface area contributed by atoms with Crippen molar-refractivity contribution in [3.8, 4) is 0 Å². The van der Waals surface area contributed by atoms with Crippen LogP contribution < -0.4 is 0 Å². The van der Waals surface area contributed by atoms with Crippen molar-refractivity contribution in [1.29, 1.82) is 0 Å². The summed E-state index contributed by atoms with van der Waals surface area (Å²) in [6.07, 6.45) is 4.32. The van der Waals surface area contributed by atoms with E-state index >= 15 is 0 Å². The van der Waals surface area contributed by atoms with E-state index in [4.69, 9.17) is 4.98 Å². The molecule has 1 fully saturated rings. The third kappa shape index (κ3) is 2.84. The Bertz CT molecular complexity index is 802. The topological polar surface area (TPSA) is 49.7 Å². The Morgan fingerprint density at radius 1 is 1.25 bits per heavy atom. The number of rotatable bonds is 4. The number of para-hydroxylation sites is 2. The maximum Gasteiger partial charge on any atom is 0.124 e. The van der Waals surface area contributed by atoms with E-state index in [1.54, 1.807) is 0 Å². The molecule has 1 atom stereocenters. The molecule has 0 saturated carbocycles. The first-order valence-electron chi connectivity index (χ1n) is 8.90. The van der Waals surface area contributed by atoms with E-state index in [-0.39, 0.29) is 0 Å². The molecule has 1 aromatic carbocycles. The van der Waals surface area contributed by atoms with Crippen LogP contribution in [0.5, 0.6) is 0 Å². The van der Waals surface area contributed by atoms with Crippen LogP contribution in [0, 0.1) is 0 Å². The second-order valence-corrected chi connectivity index (χ2v) is 7.07. The van der Waals surface area contributed by atoms with E-state index in [2.05, 4.69) is 63.8 Å². The van der Waals surface area contributed by atoms with E-state index < -0.39 is 0 Å². The third-order valence-electron chi connectivity index (χ3n) is 5.02. The van der Waals surface area contributed by atoms with Gasteiger partial charge in [-0.15, -0.1) is 0 Å². The lowest BCUT2D eigenvalue weighted by molar-refractivity contribution is 0.191. The summed E-state index contributed by atoms with van der Waals surface area (Å²) in [7, 11) is 0. The molecule has 1 unspecified atom stereocenters. The van der Waals surface area contributed by atoms with Crippen LogP contribution in [0.1, 0.15) is 50.2 Å². The molecule has 0 radical (unpaired) electrons. The van der Waals surface area contributed by atoms with Crippen LogP contribution >= 0.6 is 0 Å². The first kappa shape index (κ1) is 15.4. The molecule has 2 aromatic heterocycles. The molecule has 126 valence electrons. The summed E-state index contributed by atoms with van der Waals surface area (Å²) in [6, 6.07) is 11.0. The van der Waals surface area contributed by atoms with Crippen molar-refractivity contribution in [3.63, 3.8) is 0 Å². The fraction of sp³-hybridized carbons (Fsp3) is 0.474. The number of piperidine rings is 1. The molecule has 3 aromatic rings. The number of nitrogens with zero attached hydrogens (tertiary/aromatic N) is 4. The molecule has 5 heteroatoms. The summed E-state index contributed by atoms with van der Waals surface area (Å²) in [5.74, 6) is 1.73. The number of hydrogen-bond donors (Lipinski definition) is 1. The normalized spacial score (nSPS) is 19.4. The van der Waals surface area contributed by atoms with Crippen molar-refractivity contribution in [1.82, 2.24) is 24.6 Å². The average molecular weight is 323 g/mol. The van der Waals surface area contributed by atoms with E-state index in [1.165, 1.54) is 29.9 Å². The van der Waals surface area contributed by atoms with Crippen LogP contribution in [0.2, 0.25) is 0 Å². The van der Waals surface area contributed by atoms with Gasteiger partial charge in [-0.3, -0.25) is 10.00 Å². The molecule has 1 aliphatic heterocycles. The third-order valence-corrected chi connectivity index (χ3v) is 5.02. The zero-order valence-corrected chi connectivity index (χ0v) is 14.4. The Hall–Kier alpha value is -2.14. The number of likely N-dealkylation sites (tertiary alicyclic amines) is 1. The number of hydrogen-bond acceptors (Lipinski definition) is 3. The second-order valence-electron chi connectivity index (χ2n) is 7.07. The zero-order chi connectivity index (χ0) is 16.5. The molecule has 24 heavy (non-hydrogen) atoms. The summed E-state index contributed by atoms with van der Waals surface area (Å²) >= 11 is 0. The maximum atomic E-state index is 4.92. The standard InChI is InChI=1S/C19H25N5/c1-14(2)24-18-8-4-3-7-17(18)21-19(24)13-23-11-5-6-15(12-23)16-9-10-20-22-16/h3-4,7-10,14-15H,5-6,11-13H2,1-2H3,(H,20,22). The van der Waals surface area contributed by atoms with Gasteiger partial charge in [0.25, 0.3) is 0 Å². The fourth-order valence-corrected chi connectivity index (χ4v) is 3.93. The van der Waals surface area contributed by atoms with Crippen molar-refractivity contribution >= 4 is 11.0 Å². The molecule has 1 saturated heterocycles. The highest BCUT2D eigenvalue weighted by Crippen LogP contribution is 2.27. The molecule has 0 amide bonds. The number of fused-ring (bicyclic) bond motifs is 1. The molecule has 4 rings (SSSR count). The Balaban J connectivity index is 1.58. The van der Waals surface area contributed by atoms with Crippen LogP contribution in [-0.2, 0) is 6.54 Å². The molecule has 0 spiro atoms. The zero-order valence-electron chi connectivity index (χ0n) is 14.4. The van der Waals surface area contributed by atoms with Crippen LogP contribution in [0.25, 0.3) is 11.0 Å². The Morgan fingerprint density at radius 3 is 2.92 bits per heavy atom. The highest BCUT2D eigenvalue weighted by atomic mass is 15.2. The highest BCUT2D eigenvalue weighted by Gasteiger charge is 2.24. The molecule has 0 bridgehead atoms. The van der Waals surface area contributed by atoms with Gasteiger partial charge in [0.05, 0.1) is 17.6 Å². The molecule has 3 heterocycles. The van der Waals surface area contributed by atoms with Gasteiger partial charge in [0.15, 0.2) is 0 Å². The smallest absolute Gasteiger partial charge is 0.124 e. The lowest BCUT2D eigenvalue weighted by Gasteiger charge is -2.32. The number of benzene rings is 1. The first-order chi connectivity index (χ1) is 11.7. The number of H-pyrrole nitrogens is 1. The average Bonchev–Trinajstić information content (AvgIpc) is 3.22. The minimum absolute atomic E-state index is 0.417. The predicted octanol–water partition coefficient (Wildman–Crippen LogP) is 3.72. The molecular weight excluding hydrogens is 298 g/mol. The van der Waals surface area contributed by atoms with Crippen LogP contribution in [0.3, 0.4) is 0 Å². The Labute approximate surface area is 142 Å². The Kier molecular flexibility index (Phi) is 4.10. The second kappa shape index (κ2) is 6.40. The van der Waals surface area contributed by atoms with Gasteiger partial charge in [0.1, 0.15) is 5.82 Å². The first-order valence-corrected chi connectivity index (χ1v) is 8.90. The summed E-state index contributed by atoms with van der Waals surface area (Å²) in [5.41, 5.74) is 3.60. The lowest BCUT2D eigenvalue weighted by atomic mass is 9.95. The molecule has 0 aliphatic carbocycles. The number of aromatic amines is 1. The fourth-order valence-electron chi connectivity index (χ4n) is 3.93. The van der Waals surface area contributed by atoms with Crippen molar-refractivity contribution < 1.29 is 0 Å². The number of aromatic nitrogens is 4. The van der Waals surface area contributed by atoms with Gasteiger partial charge in [-0.1, -0.05) is 12.1 Å². The molecule has 1 N–H and O–H groups in total. The van der Waals surface area contributed by atoms with E-state index in [0.29, 0.717) is 12.0 Å². The van der Waals surface area contributed by atoms with Crippen LogP contribution in [0.4, 0.5) is 0 Å². The van der Waals surface area contributed by atoms with Gasteiger partial charge in [-0.25, -0.2) is 4.98 Å². The number of imidazole rings is 1. The van der Waals surface area contributed by atoms with Gasteiger partial charge in [0, 0.05) is 30.4 Å². The largest absolute Gasteiger partial charge is 0.324 e. The van der Waals surface area contributed by atoms with Crippen molar-refractivity contribution in [2.45, 2.75) is 45.2 Å². The summed E-state index contributed by atoms with van der Waals surface area (Å²) in [5, 5.41) is 7.26. The monoisotopic (exact) mass is 323 g/mol. The molecule has 1 aliphatic rings. The SMILES string of the molecule is CC(C)n1c(CN2CCCC(c3ccn[nH]3)C2)nc2ccccc21. The molecular formula is C19H25N5. The highest BCUT2D eigenvalue weighted by molar-refractivity contribution is 5.76. The summed E-state index contributed by atoms with van der Waals surface area (Å²) in [4.78, 5) is 7.45. The number of nitrogens with one attached hydrogen (secondary N) is 1. The van der Waals surface area contributed by atoms with Gasteiger partial charge < -0.3 is 4.57 Å². The quantitative estimate of drug-likeness (QED) is 0.796. The Morgan fingerprint density at radius 2 is 2.12 bits per heavy atom. The van der Waals surface area contributed by atoms with Crippen molar-refractivity contribution in [3.05, 3.63) is 48.0 Å². The lowest BCUT2D eigenvalue weighted by Crippen LogP contribution is -2.35. The van der Waals surface area contributed by atoms with Gasteiger partial charge in [0.2, 0.25) is 0 Å². The van der Waals surface area contributed by atoms with Crippen molar-refractivity contribution in [2.24, 2.45) is 0 Å². The van der Waals surface area contributed by atoms with E-state index in [0.717, 1.165) is 25.2 Å². The van der Waals surface area contributed by atoms with Crippen LogP contribution in [0.15, 0.2) is 36.5 Å². The van der Waals surface area contributed by atoms with Gasteiger partial charge in [-0.05, 0) is 51.4 Å². The van der Waals surface area contributed by atoms with Gasteiger partial charge in [-0.2, -0.15) is 5.10 Å². The maximum absolute atomic E-state index is 4.92. The van der Waals surface area contributed by atoms with Crippen molar-refractivity contribution in [2.75, 3.05) is 13.1 Å². The van der Waals surface area contributed by atoms with Crippen LogP contribution in [-0.4, -0.2) is 37.7 Å². The molecule has 5 nitrogen and oxygen atoms in total. The summed E-state index contributed by atoms with van der Waals surface area (Å²) < 4.78 is 2.38. The van der Waals surface area contributed by atoms with E-state index in [9.17, 15) is 0 Å². The minimum Gasteiger partial charge on any atom is -0.324 e. The van der Waals surface area contributed by atoms with Gasteiger partial charge >= 0.3 is 0 Å². The minimum atomic E-state index is 0.417. The summed E-state index contributed by atoms with van der Waals surface area (Å²) in [6.45, 7) is 7.61.